The van der Waals surface area contributed by atoms with Crippen LogP contribution < -0.4 is 0 Å². The summed E-state index contributed by atoms with van der Waals surface area (Å²) in [6.45, 7) is 4.68. The van der Waals surface area contributed by atoms with Crippen LogP contribution in [0.25, 0.3) is 38.6 Å². The molecule has 6 aromatic carbocycles. The van der Waals surface area contributed by atoms with E-state index in [0.717, 1.165) is 27.8 Å². The molecular formula is C41H30N2. The molecule has 2 heteroatoms. The fourth-order valence-corrected chi connectivity index (χ4v) is 7.42. The lowest BCUT2D eigenvalue weighted by Gasteiger charge is -2.40. The first kappa shape index (κ1) is 25.3. The van der Waals surface area contributed by atoms with Crippen LogP contribution in [0.3, 0.4) is 0 Å². The topological polar surface area (TPSA) is 28.7 Å². The van der Waals surface area contributed by atoms with Crippen molar-refractivity contribution >= 4 is 21.8 Å². The van der Waals surface area contributed by atoms with Gasteiger partial charge in [-0.05, 0) is 57.6 Å². The highest BCUT2D eigenvalue weighted by Crippen LogP contribution is 2.50. The van der Waals surface area contributed by atoms with Crippen molar-refractivity contribution in [3.8, 4) is 22.9 Å². The monoisotopic (exact) mass is 550 g/mol. The molecule has 204 valence electrons. The van der Waals surface area contributed by atoms with Gasteiger partial charge in [0.05, 0.1) is 22.3 Å². The molecule has 1 aromatic heterocycles. The van der Waals surface area contributed by atoms with Crippen LogP contribution in [0.15, 0.2) is 140 Å². The van der Waals surface area contributed by atoms with Crippen LogP contribution in [0.2, 0.25) is 0 Å². The van der Waals surface area contributed by atoms with E-state index in [-0.39, 0.29) is 11.3 Å². The van der Waals surface area contributed by atoms with Crippen LogP contribution in [0, 0.1) is 11.3 Å². The molecule has 1 aliphatic rings. The number of benzene rings is 6. The minimum absolute atomic E-state index is 0.164. The van der Waals surface area contributed by atoms with Gasteiger partial charge in [0.2, 0.25) is 0 Å². The van der Waals surface area contributed by atoms with E-state index in [4.69, 9.17) is 0 Å². The lowest BCUT2D eigenvalue weighted by Crippen LogP contribution is -2.29. The molecule has 8 rings (SSSR count). The van der Waals surface area contributed by atoms with E-state index in [2.05, 4.69) is 152 Å². The quantitative estimate of drug-likeness (QED) is 0.215. The van der Waals surface area contributed by atoms with Crippen molar-refractivity contribution in [2.75, 3.05) is 0 Å². The molecule has 0 saturated heterocycles. The minimum atomic E-state index is -0.187. The molecule has 2 nitrogen and oxygen atoms in total. The predicted octanol–water partition coefficient (Wildman–Crippen LogP) is 10.1. The molecular weight excluding hydrogens is 520 g/mol. The van der Waals surface area contributed by atoms with Crippen molar-refractivity contribution in [2.45, 2.75) is 25.2 Å². The van der Waals surface area contributed by atoms with Gasteiger partial charge in [-0.2, -0.15) is 5.26 Å². The molecule has 1 atom stereocenters. The molecule has 0 N–H and O–H groups in total. The third kappa shape index (κ3) is 3.72. The normalized spacial score (nSPS) is 15.1. The van der Waals surface area contributed by atoms with Crippen LogP contribution >= 0.6 is 0 Å². The summed E-state index contributed by atoms with van der Waals surface area (Å²) in [6.07, 6.45) is 0. The maximum Gasteiger partial charge on any atom is 0.101 e. The summed E-state index contributed by atoms with van der Waals surface area (Å²) in [5.74, 6) is 0.164. The average Bonchev–Trinajstić information content (AvgIpc) is 3.39. The summed E-state index contributed by atoms with van der Waals surface area (Å²) < 4.78 is 2.28. The van der Waals surface area contributed by atoms with Gasteiger partial charge in [-0.3, -0.25) is 0 Å². The lowest BCUT2D eigenvalue weighted by molar-refractivity contribution is 0.598. The number of hydrogen-bond acceptors (Lipinski definition) is 1. The number of rotatable bonds is 3. The van der Waals surface area contributed by atoms with Crippen molar-refractivity contribution in [3.05, 3.63) is 173 Å². The van der Waals surface area contributed by atoms with Crippen LogP contribution in [-0.2, 0) is 5.41 Å². The molecule has 0 spiro atoms. The number of nitriles is 1. The Morgan fingerprint density at radius 3 is 1.95 bits per heavy atom. The standard InChI is InChI=1S/C41H30N2/c1-41(2)35-20-9-6-18-33(35)39(27-13-4-3-5-14-27)34-24-23-28(25-36(34)41)30-19-12-15-29(26-42)40(30)43-37-21-10-7-16-31(37)32-17-8-11-22-38(32)43/h3-25,39H,1-2H3. The van der Waals surface area contributed by atoms with E-state index < -0.39 is 0 Å². The van der Waals surface area contributed by atoms with Crippen LogP contribution in [0.4, 0.5) is 0 Å². The molecule has 0 fully saturated rings. The fraction of sp³-hybridized carbons (Fsp3) is 0.0976. The zero-order valence-electron chi connectivity index (χ0n) is 24.3. The third-order valence-corrected chi connectivity index (χ3v) is 9.39. The van der Waals surface area contributed by atoms with Gasteiger partial charge in [0.25, 0.3) is 0 Å². The Morgan fingerprint density at radius 2 is 1.23 bits per heavy atom. The zero-order chi connectivity index (χ0) is 29.1. The Balaban J connectivity index is 1.41. The highest BCUT2D eigenvalue weighted by Gasteiger charge is 2.38. The Hall–Kier alpha value is -5.39. The third-order valence-electron chi connectivity index (χ3n) is 9.39. The molecule has 0 saturated carbocycles. The fourth-order valence-electron chi connectivity index (χ4n) is 7.42. The molecule has 1 heterocycles. The summed E-state index contributed by atoms with van der Waals surface area (Å²) in [6, 6.07) is 52.4. The van der Waals surface area contributed by atoms with Gasteiger partial charge in [-0.25, -0.2) is 0 Å². The number of aromatic nitrogens is 1. The van der Waals surface area contributed by atoms with Gasteiger partial charge in [0.1, 0.15) is 6.07 Å². The van der Waals surface area contributed by atoms with E-state index in [1.54, 1.807) is 0 Å². The highest BCUT2D eigenvalue weighted by atomic mass is 15.0. The van der Waals surface area contributed by atoms with Crippen LogP contribution in [0.5, 0.6) is 0 Å². The SMILES string of the molecule is CC1(C)c2ccccc2C(c2ccccc2)c2ccc(-c3cccc(C#N)c3-n3c4ccccc4c4ccccc43)cc21. The second-order valence-corrected chi connectivity index (χ2v) is 12.0. The van der Waals surface area contributed by atoms with Gasteiger partial charge in [-0.15, -0.1) is 0 Å². The summed E-state index contributed by atoms with van der Waals surface area (Å²) in [4.78, 5) is 0. The number of para-hydroxylation sites is 3. The largest absolute Gasteiger partial charge is 0.307 e. The van der Waals surface area contributed by atoms with Crippen molar-refractivity contribution < 1.29 is 0 Å². The van der Waals surface area contributed by atoms with Gasteiger partial charge in [-0.1, -0.05) is 129 Å². The van der Waals surface area contributed by atoms with E-state index >= 15 is 0 Å². The molecule has 0 bridgehead atoms. The van der Waals surface area contributed by atoms with E-state index in [9.17, 15) is 5.26 Å². The first-order valence-electron chi connectivity index (χ1n) is 14.9. The molecule has 43 heavy (non-hydrogen) atoms. The van der Waals surface area contributed by atoms with Crippen LogP contribution in [0.1, 0.15) is 53.1 Å². The summed E-state index contributed by atoms with van der Waals surface area (Å²) in [7, 11) is 0. The highest BCUT2D eigenvalue weighted by molar-refractivity contribution is 6.10. The molecule has 0 radical (unpaired) electrons. The number of fused-ring (bicyclic) bond motifs is 5. The van der Waals surface area contributed by atoms with E-state index in [0.29, 0.717) is 5.56 Å². The second kappa shape index (κ2) is 9.58. The van der Waals surface area contributed by atoms with Crippen molar-refractivity contribution in [1.82, 2.24) is 4.57 Å². The lowest BCUT2D eigenvalue weighted by atomic mass is 9.63. The smallest absolute Gasteiger partial charge is 0.101 e. The van der Waals surface area contributed by atoms with Crippen molar-refractivity contribution in [2.24, 2.45) is 0 Å². The molecule has 0 aliphatic heterocycles. The van der Waals surface area contributed by atoms with Gasteiger partial charge in [0.15, 0.2) is 0 Å². The van der Waals surface area contributed by atoms with Gasteiger partial charge >= 0.3 is 0 Å². The summed E-state index contributed by atoms with van der Waals surface area (Å²) in [5.41, 5.74) is 12.5. The first-order valence-corrected chi connectivity index (χ1v) is 14.9. The predicted molar refractivity (Wildman–Crippen MR) is 177 cm³/mol. The Morgan fingerprint density at radius 1 is 0.605 bits per heavy atom. The maximum atomic E-state index is 10.4. The van der Waals surface area contributed by atoms with Gasteiger partial charge in [0, 0.05) is 27.7 Å². The Labute approximate surface area is 252 Å². The van der Waals surface area contributed by atoms with E-state index in [1.807, 2.05) is 12.1 Å². The summed E-state index contributed by atoms with van der Waals surface area (Å²) >= 11 is 0. The molecule has 1 aliphatic carbocycles. The molecule has 0 amide bonds. The number of hydrogen-bond donors (Lipinski definition) is 0. The second-order valence-electron chi connectivity index (χ2n) is 12.0. The maximum absolute atomic E-state index is 10.4. The zero-order valence-corrected chi connectivity index (χ0v) is 24.3. The number of nitrogens with zero attached hydrogens (tertiary/aromatic N) is 2. The minimum Gasteiger partial charge on any atom is -0.307 e. The van der Waals surface area contributed by atoms with Crippen molar-refractivity contribution in [1.29, 1.82) is 5.26 Å². The molecule has 7 aromatic rings. The average molecular weight is 551 g/mol. The summed E-state index contributed by atoms with van der Waals surface area (Å²) in [5, 5.41) is 12.8. The van der Waals surface area contributed by atoms with Crippen LogP contribution in [-0.4, -0.2) is 4.57 Å². The van der Waals surface area contributed by atoms with Crippen molar-refractivity contribution in [3.63, 3.8) is 0 Å². The first-order chi connectivity index (χ1) is 21.1. The van der Waals surface area contributed by atoms with Gasteiger partial charge < -0.3 is 4.57 Å². The van der Waals surface area contributed by atoms with E-state index in [1.165, 1.54) is 38.6 Å². The Bertz CT molecular complexity index is 2170. The Kier molecular flexibility index (Phi) is 5.64. The molecule has 1 unspecified atom stereocenters.